The molecule has 1 saturated heterocycles. The summed E-state index contributed by atoms with van der Waals surface area (Å²) in [6.45, 7) is 1.02. The summed E-state index contributed by atoms with van der Waals surface area (Å²) in [7, 11) is 1.52. The number of ether oxygens (including phenoxy) is 2. The standard InChI is InChI=1S/C14H15BrN2O4/c1-19-14(4-5-20-8-14)13(18)16-7-12-17-10-6-9(15)2-3-11(10)21-12/h2-3,6H,4-5,7-8H2,1H3,(H,16,18). The molecule has 1 aliphatic heterocycles. The van der Waals surface area contributed by atoms with Crippen LogP contribution in [0.1, 0.15) is 12.3 Å². The summed E-state index contributed by atoms with van der Waals surface area (Å²) in [5, 5.41) is 2.80. The molecule has 6 nitrogen and oxygen atoms in total. The van der Waals surface area contributed by atoms with Crippen LogP contribution in [0.2, 0.25) is 0 Å². The Morgan fingerprint density at radius 2 is 2.43 bits per heavy atom. The lowest BCUT2D eigenvalue weighted by Crippen LogP contribution is -2.48. The van der Waals surface area contributed by atoms with Crippen molar-refractivity contribution < 1.29 is 18.7 Å². The average Bonchev–Trinajstić information content (AvgIpc) is 3.11. The van der Waals surface area contributed by atoms with Gasteiger partial charge in [-0.15, -0.1) is 0 Å². The van der Waals surface area contributed by atoms with Crippen molar-refractivity contribution in [1.29, 1.82) is 0 Å². The van der Waals surface area contributed by atoms with E-state index in [1.165, 1.54) is 7.11 Å². The summed E-state index contributed by atoms with van der Waals surface area (Å²) in [6, 6.07) is 5.58. The van der Waals surface area contributed by atoms with Crippen LogP contribution in [0.15, 0.2) is 27.1 Å². The lowest BCUT2D eigenvalue weighted by atomic mass is 10.0. The lowest BCUT2D eigenvalue weighted by Gasteiger charge is -2.23. The Morgan fingerprint density at radius 3 is 3.14 bits per heavy atom. The quantitative estimate of drug-likeness (QED) is 0.908. The third kappa shape index (κ3) is 2.81. The molecule has 1 amide bonds. The minimum Gasteiger partial charge on any atom is -0.439 e. The molecule has 2 heterocycles. The Morgan fingerprint density at radius 1 is 1.57 bits per heavy atom. The van der Waals surface area contributed by atoms with Gasteiger partial charge in [0.2, 0.25) is 5.89 Å². The number of hydrogen-bond acceptors (Lipinski definition) is 5. The van der Waals surface area contributed by atoms with Gasteiger partial charge in [0.15, 0.2) is 11.2 Å². The Hall–Kier alpha value is -1.44. The monoisotopic (exact) mass is 354 g/mol. The number of carbonyl (C=O) groups excluding carboxylic acids is 1. The highest BCUT2D eigenvalue weighted by Gasteiger charge is 2.42. The molecule has 0 radical (unpaired) electrons. The summed E-state index contributed by atoms with van der Waals surface area (Å²) in [6.07, 6.45) is 0.551. The number of amides is 1. The Bertz CT molecular complexity index is 664. The van der Waals surface area contributed by atoms with Crippen molar-refractivity contribution >= 4 is 32.9 Å². The molecular weight excluding hydrogens is 340 g/mol. The van der Waals surface area contributed by atoms with Crippen molar-refractivity contribution in [3.05, 3.63) is 28.6 Å². The number of nitrogens with zero attached hydrogens (tertiary/aromatic N) is 1. The normalized spacial score (nSPS) is 21.8. The van der Waals surface area contributed by atoms with Gasteiger partial charge in [0.25, 0.3) is 5.91 Å². The first-order valence-corrected chi connectivity index (χ1v) is 7.38. The molecule has 0 spiro atoms. The maximum Gasteiger partial charge on any atom is 0.255 e. The minimum absolute atomic E-state index is 0.203. The van der Waals surface area contributed by atoms with E-state index in [4.69, 9.17) is 13.9 Å². The maximum atomic E-state index is 12.2. The first-order chi connectivity index (χ1) is 10.1. The number of aromatic nitrogens is 1. The fraction of sp³-hybridized carbons (Fsp3) is 0.429. The second kappa shape index (κ2) is 5.75. The van der Waals surface area contributed by atoms with Crippen LogP contribution in [0.3, 0.4) is 0 Å². The van der Waals surface area contributed by atoms with Crippen LogP contribution >= 0.6 is 15.9 Å². The van der Waals surface area contributed by atoms with Gasteiger partial charge in [0, 0.05) is 18.0 Å². The smallest absolute Gasteiger partial charge is 0.255 e. The largest absolute Gasteiger partial charge is 0.439 e. The van der Waals surface area contributed by atoms with Gasteiger partial charge in [-0.2, -0.15) is 0 Å². The van der Waals surface area contributed by atoms with Crippen molar-refractivity contribution in [1.82, 2.24) is 10.3 Å². The van der Waals surface area contributed by atoms with Crippen LogP contribution in [0.4, 0.5) is 0 Å². The molecule has 21 heavy (non-hydrogen) atoms. The van der Waals surface area contributed by atoms with Crippen LogP contribution in [-0.4, -0.2) is 36.8 Å². The van der Waals surface area contributed by atoms with E-state index in [1.54, 1.807) is 0 Å². The van der Waals surface area contributed by atoms with Gasteiger partial charge in [-0.25, -0.2) is 4.98 Å². The van der Waals surface area contributed by atoms with Gasteiger partial charge in [-0.3, -0.25) is 4.79 Å². The molecule has 7 heteroatoms. The molecule has 0 aliphatic carbocycles. The molecule has 1 atom stereocenters. The zero-order valence-electron chi connectivity index (χ0n) is 11.5. The number of hydrogen-bond donors (Lipinski definition) is 1. The fourth-order valence-electron chi connectivity index (χ4n) is 2.32. The summed E-state index contributed by atoms with van der Waals surface area (Å²) in [5.74, 6) is 0.257. The molecule has 2 aromatic rings. The average molecular weight is 355 g/mol. The van der Waals surface area contributed by atoms with Gasteiger partial charge < -0.3 is 19.2 Å². The Labute approximate surface area is 129 Å². The van der Waals surface area contributed by atoms with E-state index in [0.29, 0.717) is 24.5 Å². The van der Waals surface area contributed by atoms with E-state index in [0.717, 1.165) is 9.99 Å². The van der Waals surface area contributed by atoms with Crippen LogP contribution in [0, 0.1) is 0 Å². The summed E-state index contributed by atoms with van der Waals surface area (Å²) >= 11 is 3.38. The number of carbonyl (C=O) groups is 1. The summed E-state index contributed by atoms with van der Waals surface area (Å²) in [4.78, 5) is 16.6. The second-order valence-electron chi connectivity index (χ2n) is 4.90. The zero-order valence-corrected chi connectivity index (χ0v) is 13.1. The number of oxazole rings is 1. The maximum absolute atomic E-state index is 12.2. The number of halogens is 1. The van der Waals surface area contributed by atoms with E-state index in [9.17, 15) is 4.79 Å². The molecule has 0 saturated carbocycles. The molecule has 1 aromatic carbocycles. The zero-order chi connectivity index (χ0) is 14.9. The van der Waals surface area contributed by atoms with E-state index in [2.05, 4.69) is 26.2 Å². The SMILES string of the molecule is COC1(C(=O)NCc2nc3cc(Br)ccc3o2)CCOC1. The van der Waals surface area contributed by atoms with Crippen molar-refractivity contribution in [3.8, 4) is 0 Å². The highest BCUT2D eigenvalue weighted by molar-refractivity contribution is 9.10. The van der Waals surface area contributed by atoms with Gasteiger partial charge in [0.05, 0.1) is 19.8 Å². The predicted molar refractivity (Wildman–Crippen MR) is 78.7 cm³/mol. The number of methoxy groups -OCH3 is 1. The number of nitrogens with one attached hydrogen (secondary N) is 1. The topological polar surface area (TPSA) is 73.6 Å². The minimum atomic E-state index is -0.894. The van der Waals surface area contributed by atoms with Crippen LogP contribution < -0.4 is 5.32 Å². The van der Waals surface area contributed by atoms with Crippen molar-refractivity contribution in [3.63, 3.8) is 0 Å². The molecule has 1 aliphatic rings. The van der Waals surface area contributed by atoms with Crippen LogP contribution in [0.25, 0.3) is 11.1 Å². The first-order valence-electron chi connectivity index (χ1n) is 6.59. The van der Waals surface area contributed by atoms with Crippen molar-refractivity contribution in [2.75, 3.05) is 20.3 Å². The highest BCUT2D eigenvalue weighted by atomic mass is 79.9. The van der Waals surface area contributed by atoms with Gasteiger partial charge in [-0.05, 0) is 18.2 Å². The third-order valence-electron chi connectivity index (χ3n) is 3.58. The second-order valence-corrected chi connectivity index (χ2v) is 5.82. The lowest BCUT2D eigenvalue weighted by molar-refractivity contribution is -0.143. The first kappa shape index (κ1) is 14.5. The van der Waals surface area contributed by atoms with E-state index < -0.39 is 5.60 Å². The van der Waals surface area contributed by atoms with Crippen molar-refractivity contribution in [2.24, 2.45) is 0 Å². The highest BCUT2D eigenvalue weighted by Crippen LogP contribution is 2.23. The molecule has 1 aromatic heterocycles. The van der Waals surface area contributed by atoms with E-state index >= 15 is 0 Å². The summed E-state index contributed by atoms with van der Waals surface area (Å²) < 4.78 is 17.1. The number of benzene rings is 1. The molecule has 112 valence electrons. The van der Waals surface area contributed by atoms with Crippen molar-refractivity contribution in [2.45, 2.75) is 18.6 Å². The Balaban J connectivity index is 1.69. The van der Waals surface area contributed by atoms with Crippen LogP contribution in [-0.2, 0) is 20.8 Å². The molecular formula is C14H15BrN2O4. The molecule has 1 N–H and O–H groups in total. The molecule has 1 fully saturated rings. The van der Waals surface area contributed by atoms with Gasteiger partial charge >= 0.3 is 0 Å². The number of rotatable bonds is 4. The third-order valence-corrected chi connectivity index (χ3v) is 4.08. The molecule has 3 rings (SSSR count). The van der Waals surface area contributed by atoms with Crippen LogP contribution in [0.5, 0.6) is 0 Å². The Kier molecular flexibility index (Phi) is 3.97. The van der Waals surface area contributed by atoms with Gasteiger partial charge in [-0.1, -0.05) is 15.9 Å². The van der Waals surface area contributed by atoms with Gasteiger partial charge in [0.1, 0.15) is 5.52 Å². The molecule has 0 bridgehead atoms. The summed E-state index contributed by atoms with van der Waals surface area (Å²) in [5.41, 5.74) is 0.544. The van der Waals surface area contributed by atoms with E-state index in [-0.39, 0.29) is 19.1 Å². The predicted octanol–water partition coefficient (Wildman–Crippen LogP) is 2.01. The van der Waals surface area contributed by atoms with E-state index in [1.807, 2.05) is 18.2 Å². The molecule has 1 unspecified atom stereocenters. The number of fused-ring (bicyclic) bond motifs is 1. The fourth-order valence-corrected chi connectivity index (χ4v) is 2.67.